The van der Waals surface area contributed by atoms with Gasteiger partial charge in [-0.05, 0) is 34.1 Å². The molecular weight excluding hydrogens is 343 g/mol. The van der Waals surface area contributed by atoms with Crippen molar-refractivity contribution in [1.82, 2.24) is 0 Å². The Balaban J connectivity index is 2.92. The van der Waals surface area contributed by atoms with Crippen molar-refractivity contribution in [2.75, 3.05) is 20.3 Å². The Kier molecular flexibility index (Phi) is 8.91. The number of thiol groups is 1. The summed E-state index contributed by atoms with van der Waals surface area (Å²) in [5.41, 5.74) is -0.603. The zero-order valence-corrected chi connectivity index (χ0v) is 17.1. The zero-order chi connectivity index (χ0) is 19.3. The van der Waals surface area contributed by atoms with Crippen LogP contribution in [0.3, 0.4) is 0 Å². The number of ether oxygens (including phenoxy) is 2. The fourth-order valence-electron chi connectivity index (χ4n) is 3.02. The van der Waals surface area contributed by atoms with Crippen molar-refractivity contribution in [3.05, 3.63) is 0 Å². The molecule has 25 heavy (non-hydrogen) atoms. The van der Waals surface area contributed by atoms with Gasteiger partial charge in [-0.3, -0.25) is 0 Å². The summed E-state index contributed by atoms with van der Waals surface area (Å²) in [4.78, 5) is 10.9. The first kappa shape index (κ1) is 22.9. The molecule has 1 fully saturated rings. The molecule has 0 spiro atoms. The minimum Gasteiger partial charge on any atom is -0.402 e. The number of hydrogen-bond acceptors (Lipinski definition) is 7. The highest BCUT2D eigenvalue weighted by atomic mass is 32.1. The molecule has 0 aromatic carbocycles. The fraction of sp³-hybridized carbons (Fsp3) is 0.941. The molecule has 1 N–H and O–H groups in total. The minimum atomic E-state index is -0.773. The van der Waals surface area contributed by atoms with Crippen LogP contribution in [0, 0.1) is 5.92 Å². The molecule has 1 rings (SSSR count). The molecule has 0 radical (unpaired) electrons. The predicted octanol–water partition coefficient (Wildman–Crippen LogP) is 2.34. The van der Waals surface area contributed by atoms with Gasteiger partial charge >= 0.3 is 7.12 Å². The molecule has 1 saturated heterocycles. The number of aliphatic hydroxyl groups excluding tert-OH is 1. The van der Waals surface area contributed by atoms with Crippen LogP contribution < -0.4 is 0 Å². The van der Waals surface area contributed by atoms with Crippen molar-refractivity contribution in [3.8, 4) is 0 Å². The number of carbonyl (C=O) groups excluding carboxylic acids is 1. The van der Waals surface area contributed by atoms with Gasteiger partial charge in [0, 0.05) is 18.8 Å². The molecule has 1 aliphatic rings. The largest absolute Gasteiger partial charge is 0.465 e. The number of aldehydes is 1. The van der Waals surface area contributed by atoms with E-state index in [4.69, 9.17) is 18.8 Å². The normalized spacial score (nSPS) is 27.8. The summed E-state index contributed by atoms with van der Waals surface area (Å²) >= 11 is 4.58. The summed E-state index contributed by atoms with van der Waals surface area (Å²) in [6.07, 6.45) is 1.48. The summed E-state index contributed by atoms with van der Waals surface area (Å²) in [5, 5.41) is 9.82. The second-order valence-corrected chi connectivity index (χ2v) is 8.26. The van der Waals surface area contributed by atoms with Crippen LogP contribution in [0.4, 0.5) is 0 Å². The van der Waals surface area contributed by atoms with E-state index in [1.165, 1.54) is 7.11 Å². The summed E-state index contributed by atoms with van der Waals surface area (Å²) < 4.78 is 22.9. The average Bonchev–Trinajstić information content (AvgIpc) is 2.72. The maximum atomic E-state index is 11.7. The predicted molar refractivity (Wildman–Crippen MR) is 101 cm³/mol. The summed E-state index contributed by atoms with van der Waals surface area (Å²) in [6.45, 7) is 9.92. The van der Waals surface area contributed by atoms with Gasteiger partial charge in [-0.25, -0.2) is 0 Å². The van der Waals surface area contributed by atoms with Gasteiger partial charge in [-0.1, -0.05) is 13.3 Å². The lowest BCUT2D eigenvalue weighted by atomic mass is 9.61. The van der Waals surface area contributed by atoms with E-state index in [2.05, 4.69) is 12.6 Å². The Morgan fingerprint density at radius 1 is 1.28 bits per heavy atom. The van der Waals surface area contributed by atoms with Crippen LogP contribution in [0.2, 0.25) is 5.82 Å². The summed E-state index contributed by atoms with van der Waals surface area (Å²) in [7, 11) is 0.920. The van der Waals surface area contributed by atoms with Gasteiger partial charge in [-0.15, -0.1) is 12.6 Å². The van der Waals surface area contributed by atoms with E-state index >= 15 is 0 Å². The van der Waals surface area contributed by atoms with E-state index in [1.54, 1.807) is 0 Å². The second-order valence-electron chi connectivity index (χ2n) is 7.41. The van der Waals surface area contributed by atoms with E-state index < -0.39 is 23.8 Å². The molecule has 1 heterocycles. The van der Waals surface area contributed by atoms with Gasteiger partial charge in [0.25, 0.3) is 0 Å². The topological polar surface area (TPSA) is 74.2 Å². The van der Waals surface area contributed by atoms with Crippen molar-refractivity contribution < 1.29 is 28.7 Å². The van der Waals surface area contributed by atoms with Crippen molar-refractivity contribution in [2.24, 2.45) is 5.92 Å². The second kappa shape index (κ2) is 9.71. The number of aliphatic hydroxyl groups is 1. The minimum absolute atomic E-state index is 0.122. The van der Waals surface area contributed by atoms with Gasteiger partial charge in [-0.2, -0.15) is 0 Å². The van der Waals surface area contributed by atoms with Crippen LogP contribution in [0.15, 0.2) is 0 Å². The molecule has 0 aliphatic carbocycles. The molecule has 0 amide bonds. The smallest absolute Gasteiger partial charge is 0.402 e. The number of hydrogen-bond donors (Lipinski definition) is 2. The van der Waals surface area contributed by atoms with Crippen molar-refractivity contribution in [3.63, 3.8) is 0 Å². The van der Waals surface area contributed by atoms with Gasteiger partial charge in [0.1, 0.15) is 17.3 Å². The first-order chi connectivity index (χ1) is 11.6. The molecule has 0 saturated carbocycles. The molecule has 6 nitrogen and oxygen atoms in total. The molecule has 146 valence electrons. The first-order valence-electron chi connectivity index (χ1n) is 8.91. The fourth-order valence-corrected chi connectivity index (χ4v) is 3.18. The monoisotopic (exact) mass is 376 g/mol. The molecule has 0 bridgehead atoms. The van der Waals surface area contributed by atoms with Crippen LogP contribution in [0.5, 0.6) is 0 Å². The van der Waals surface area contributed by atoms with Crippen molar-refractivity contribution in [2.45, 2.75) is 76.0 Å². The van der Waals surface area contributed by atoms with Crippen LogP contribution in [-0.2, 0) is 23.6 Å². The lowest BCUT2D eigenvalue weighted by Gasteiger charge is -2.31. The van der Waals surface area contributed by atoms with E-state index in [0.29, 0.717) is 0 Å². The van der Waals surface area contributed by atoms with E-state index in [-0.39, 0.29) is 31.1 Å². The highest BCUT2D eigenvalue weighted by Crippen LogP contribution is 2.45. The molecule has 0 aromatic heterocycles. The third-order valence-electron chi connectivity index (χ3n) is 4.93. The average molecular weight is 376 g/mol. The van der Waals surface area contributed by atoms with Gasteiger partial charge in [0.15, 0.2) is 0 Å². The van der Waals surface area contributed by atoms with Gasteiger partial charge < -0.3 is 28.7 Å². The van der Waals surface area contributed by atoms with Crippen molar-refractivity contribution >= 4 is 26.0 Å². The van der Waals surface area contributed by atoms with Crippen LogP contribution in [0.1, 0.15) is 47.5 Å². The number of rotatable bonds is 11. The van der Waals surface area contributed by atoms with E-state index in [1.807, 2.05) is 34.6 Å². The Morgan fingerprint density at radius 3 is 2.36 bits per heavy atom. The lowest BCUT2D eigenvalue weighted by Crippen LogP contribution is -2.40. The third-order valence-corrected chi connectivity index (χ3v) is 5.58. The third kappa shape index (κ3) is 5.94. The zero-order valence-electron chi connectivity index (χ0n) is 16.2. The Hall–Kier alpha value is -0.115. The van der Waals surface area contributed by atoms with E-state index in [0.717, 1.165) is 19.1 Å². The SMILES string of the molecule is CCCC(C=O)C(B1OC(C)(C)C(C)(S)O1)C(C)OCC(O)COC. The van der Waals surface area contributed by atoms with Gasteiger partial charge in [0.2, 0.25) is 0 Å². The van der Waals surface area contributed by atoms with Crippen LogP contribution >= 0.6 is 12.6 Å². The van der Waals surface area contributed by atoms with Gasteiger partial charge in [0.05, 0.1) is 24.9 Å². The molecule has 0 aromatic rings. The highest BCUT2D eigenvalue weighted by molar-refractivity contribution is 7.81. The Morgan fingerprint density at radius 2 is 1.92 bits per heavy atom. The highest BCUT2D eigenvalue weighted by Gasteiger charge is 2.57. The lowest BCUT2D eigenvalue weighted by molar-refractivity contribution is -0.113. The summed E-state index contributed by atoms with van der Waals surface area (Å²) in [6, 6.07) is 0. The van der Waals surface area contributed by atoms with Crippen molar-refractivity contribution in [1.29, 1.82) is 0 Å². The van der Waals surface area contributed by atoms with E-state index in [9.17, 15) is 9.90 Å². The molecule has 5 unspecified atom stereocenters. The maximum Gasteiger partial charge on any atom is 0.465 e. The van der Waals surface area contributed by atoms with Crippen LogP contribution in [-0.4, -0.2) is 61.6 Å². The summed E-state index contributed by atoms with van der Waals surface area (Å²) in [5.74, 6) is -0.553. The van der Waals surface area contributed by atoms with Crippen LogP contribution in [0.25, 0.3) is 0 Å². The molecule has 1 aliphatic heterocycles. The Bertz CT molecular complexity index is 404. The standard InChI is InChI=1S/C17H33BO6S/c1-7-8-13(9-19)15(12(2)22-11-14(20)10-21-6)18-23-16(3,4)17(5,25)24-18/h9,12-15,20,25H,7-8,10-11H2,1-6H3. The molecule has 8 heteroatoms. The quantitative estimate of drug-likeness (QED) is 0.328. The molecule has 5 atom stereocenters. The number of methoxy groups -OCH3 is 1. The first-order valence-corrected chi connectivity index (χ1v) is 9.36. The maximum absolute atomic E-state index is 11.7. The molecular formula is C17H33BO6S. The Labute approximate surface area is 157 Å². The number of carbonyl (C=O) groups is 1.